The van der Waals surface area contributed by atoms with Crippen LogP contribution in [0.4, 0.5) is 0 Å². The number of benzene rings is 1. The summed E-state index contributed by atoms with van der Waals surface area (Å²) in [4.78, 5) is 22.2. The molecule has 0 unspecified atom stereocenters. The zero-order valence-corrected chi connectivity index (χ0v) is 9.12. The molecule has 17 heavy (non-hydrogen) atoms. The van der Waals surface area contributed by atoms with Crippen LogP contribution in [0.2, 0.25) is 0 Å². The van der Waals surface area contributed by atoms with E-state index in [-0.39, 0.29) is 11.3 Å². The number of rotatable bonds is 3. The third-order valence-corrected chi connectivity index (χ3v) is 2.36. The number of carboxylic acids is 1. The van der Waals surface area contributed by atoms with Crippen LogP contribution in [-0.4, -0.2) is 26.6 Å². The van der Waals surface area contributed by atoms with E-state index >= 15 is 0 Å². The van der Waals surface area contributed by atoms with E-state index in [2.05, 4.69) is 5.10 Å². The van der Waals surface area contributed by atoms with Crippen molar-refractivity contribution in [3.8, 4) is 5.69 Å². The van der Waals surface area contributed by atoms with Gasteiger partial charge in [0.25, 0.3) is 0 Å². The van der Waals surface area contributed by atoms with Gasteiger partial charge in [0.2, 0.25) is 0 Å². The molecule has 86 valence electrons. The molecule has 0 bridgehead atoms. The topological polar surface area (TPSA) is 72.2 Å². The summed E-state index contributed by atoms with van der Waals surface area (Å²) in [5.74, 6) is -1.13. The number of nitrogens with zero attached hydrogens (tertiary/aromatic N) is 2. The van der Waals surface area contributed by atoms with E-state index in [1.165, 1.54) is 24.0 Å². The smallest absolute Gasteiger partial charge is 0.338 e. The van der Waals surface area contributed by atoms with Gasteiger partial charge in [-0.1, -0.05) is 12.1 Å². The second-order valence-electron chi connectivity index (χ2n) is 3.55. The van der Waals surface area contributed by atoms with E-state index in [9.17, 15) is 9.59 Å². The molecule has 0 aliphatic carbocycles. The largest absolute Gasteiger partial charge is 0.478 e. The molecule has 0 spiro atoms. The SMILES string of the molecule is CC(=O)c1ccccc1-n1cc(C(=O)O)cn1. The number of hydrogen-bond acceptors (Lipinski definition) is 3. The van der Waals surface area contributed by atoms with Crippen molar-refractivity contribution in [3.63, 3.8) is 0 Å². The number of hydrogen-bond donors (Lipinski definition) is 1. The number of carboxylic acid groups (broad SMARTS) is 1. The molecule has 0 radical (unpaired) electrons. The lowest BCUT2D eigenvalue weighted by atomic mass is 10.1. The van der Waals surface area contributed by atoms with E-state index < -0.39 is 5.97 Å². The maximum absolute atomic E-state index is 11.4. The zero-order chi connectivity index (χ0) is 12.4. The molecule has 2 aromatic rings. The van der Waals surface area contributed by atoms with E-state index in [1.807, 2.05) is 0 Å². The third-order valence-electron chi connectivity index (χ3n) is 2.36. The monoisotopic (exact) mass is 230 g/mol. The average molecular weight is 230 g/mol. The molecule has 0 amide bonds. The van der Waals surface area contributed by atoms with Crippen LogP contribution >= 0.6 is 0 Å². The number of carbonyl (C=O) groups is 2. The van der Waals surface area contributed by atoms with Gasteiger partial charge in [-0.2, -0.15) is 5.10 Å². The number of ketones is 1. The molecule has 0 fully saturated rings. The first-order valence-corrected chi connectivity index (χ1v) is 4.98. The van der Waals surface area contributed by atoms with Crippen LogP contribution in [0.1, 0.15) is 27.6 Å². The summed E-state index contributed by atoms with van der Waals surface area (Å²) in [6.45, 7) is 1.46. The number of aromatic carboxylic acids is 1. The van der Waals surface area contributed by atoms with Gasteiger partial charge in [-0.05, 0) is 19.1 Å². The molecule has 1 heterocycles. The van der Waals surface area contributed by atoms with E-state index in [0.717, 1.165) is 0 Å². The molecule has 1 aromatic heterocycles. The maximum atomic E-state index is 11.4. The second kappa shape index (κ2) is 4.21. The Kier molecular flexibility index (Phi) is 2.74. The van der Waals surface area contributed by atoms with Gasteiger partial charge < -0.3 is 5.11 Å². The van der Waals surface area contributed by atoms with Crippen LogP contribution < -0.4 is 0 Å². The van der Waals surface area contributed by atoms with E-state index in [0.29, 0.717) is 11.3 Å². The molecule has 0 aliphatic rings. The first kappa shape index (κ1) is 11.1. The Morgan fingerprint density at radius 3 is 2.59 bits per heavy atom. The molecule has 1 aromatic carbocycles. The van der Waals surface area contributed by atoms with Crippen LogP contribution in [0, 0.1) is 0 Å². The normalized spacial score (nSPS) is 10.2. The Hall–Kier alpha value is -2.43. The highest BCUT2D eigenvalue weighted by Gasteiger charge is 2.11. The molecule has 0 aliphatic heterocycles. The van der Waals surface area contributed by atoms with Gasteiger partial charge in [0.1, 0.15) is 0 Å². The van der Waals surface area contributed by atoms with E-state index in [1.54, 1.807) is 24.3 Å². The molecule has 1 N–H and O–H groups in total. The van der Waals surface area contributed by atoms with Crippen molar-refractivity contribution < 1.29 is 14.7 Å². The quantitative estimate of drug-likeness (QED) is 0.815. The Morgan fingerprint density at radius 1 is 1.29 bits per heavy atom. The summed E-state index contributed by atoms with van der Waals surface area (Å²) in [5, 5.41) is 12.7. The first-order chi connectivity index (χ1) is 8.09. The summed E-state index contributed by atoms with van der Waals surface area (Å²) < 4.78 is 1.39. The van der Waals surface area contributed by atoms with Crippen molar-refractivity contribution in [2.24, 2.45) is 0 Å². The summed E-state index contributed by atoms with van der Waals surface area (Å²) >= 11 is 0. The van der Waals surface area contributed by atoms with Crippen molar-refractivity contribution in [2.75, 3.05) is 0 Å². The second-order valence-corrected chi connectivity index (χ2v) is 3.55. The summed E-state index contributed by atoms with van der Waals surface area (Å²) in [6.07, 6.45) is 2.63. The molecule has 0 saturated carbocycles. The lowest BCUT2D eigenvalue weighted by molar-refractivity contribution is 0.0696. The fourth-order valence-corrected chi connectivity index (χ4v) is 1.54. The van der Waals surface area contributed by atoms with Crippen molar-refractivity contribution in [1.29, 1.82) is 0 Å². The number of Topliss-reactive ketones (excluding diaryl/α,β-unsaturated/α-hetero) is 1. The minimum atomic E-state index is -1.04. The van der Waals surface area contributed by atoms with Crippen LogP contribution in [0.15, 0.2) is 36.7 Å². The third kappa shape index (κ3) is 2.08. The highest BCUT2D eigenvalue weighted by atomic mass is 16.4. The molecule has 5 heteroatoms. The van der Waals surface area contributed by atoms with Crippen molar-refractivity contribution in [3.05, 3.63) is 47.8 Å². The maximum Gasteiger partial charge on any atom is 0.338 e. The van der Waals surface area contributed by atoms with Gasteiger partial charge in [0.15, 0.2) is 5.78 Å². The van der Waals surface area contributed by atoms with Crippen molar-refractivity contribution >= 4 is 11.8 Å². The van der Waals surface area contributed by atoms with E-state index in [4.69, 9.17) is 5.11 Å². The fraction of sp³-hybridized carbons (Fsp3) is 0.0833. The van der Waals surface area contributed by atoms with Gasteiger partial charge in [0.05, 0.1) is 17.4 Å². The highest BCUT2D eigenvalue weighted by Crippen LogP contribution is 2.15. The Balaban J connectivity index is 2.52. The van der Waals surface area contributed by atoms with Crippen LogP contribution in [0.3, 0.4) is 0 Å². The standard InChI is InChI=1S/C12H10N2O3/c1-8(15)10-4-2-3-5-11(10)14-7-9(6-13-14)12(16)17/h2-7H,1H3,(H,16,17). The van der Waals surface area contributed by atoms with Crippen molar-refractivity contribution in [1.82, 2.24) is 9.78 Å². The zero-order valence-electron chi connectivity index (χ0n) is 9.12. The Labute approximate surface area is 97.3 Å². The summed E-state index contributed by atoms with van der Waals surface area (Å²) in [7, 11) is 0. The van der Waals surface area contributed by atoms with Gasteiger partial charge in [0, 0.05) is 11.8 Å². The van der Waals surface area contributed by atoms with Crippen LogP contribution in [0.5, 0.6) is 0 Å². The average Bonchev–Trinajstić information content (AvgIpc) is 2.78. The predicted octanol–water partition coefficient (Wildman–Crippen LogP) is 1.77. The molecule has 0 saturated heterocycles. The molecule has 5 nitrogen and oxygen atoms in total. The minimum Gasteiger partial charge on any atom is -0.478 e. The van der Waals surface area contributed by atoms with Crippen LogP contribution in [0.25, 0.3) is 5.69 Å². The Morgan fingerprint density at radius 2 is 2.00 bits per heavy atom. The molecular weight excluding hydrogens is 220 g/mol. The number of para-hydroxylation sites is 1. The highest BCUT2D eigenvalue weighted by molar-refractivity contribution is 5.97. The molecular formula is C12H10N2O3. The molecule has 0 atom stereocenters. The van der Waals surface area contributed by atoms with Crippen LogP contribution in [-0.2, 0) is 0 Å². The number of carbonyl (C=O) groups excluding carboxylic acids is 1. The Bertz CT molecular complexity index is 587. The van der Waals surface area contributed by atoms with Gasteiger partial charge >= 0.3 is 5.97 Å². The van der Waals surface area contributed by atoms with Gasteiger partial charge in [-0.3, -0.25) is 4.79 Å². The summed E-state index contributed by atoms with van der Waals surface area (Å²) in [5.41, 5.74) is 1.17. The fourth-order valence-electron chi connectivity index (χ4n) is 1.54. The predicted molar refractivity (Wildman–Crippen MR) is 60.5 cm³/mol. The number of aromatic nitrogens is 2. The van der Waals surface area contributed by atoms with Gasteiger partial charge in [-0.15, -0.1) is 0 Å². The summed E-state index contributed by atoms with van der Waals surface area (Å²) in [6, 6.07) is 6.92. The minimum absolute atomic E-state index is 0.0864. The molecule has 2 rings (SSSR count). The first-order valence-electron chi connectivity index (χ1n) is 4.98. The van der Waals surface area contributed by atoms with Crippen molar-refractivity contribution in [2.45, 2.75) is 6.92 Å². The lowest BCUT2D eigenvalue weighted by Gasteiger charge is -2.05. The van der Waals surface area contributed by atoms with Gasteiger partial charge in [-0.25, -0.2) is 9.48 Å². The lowest BCUT2D eigenvalue weighted by Crippen LogP contribution is -2.03.